The molecule has 1 aromatic heterocycles. The predicted octanol–water partition coefficient (Wildman–Crippen LogP) is 4.41. The van der Waals surface area contributed by atoms with Crippen LogP contribution >= 0.6 is 0 Å². The largest absolute Gasteiger partial charge is 0.489 e. The minimum absolute atomic E-state index is 0.311. The molecule has 0 atom stereocenters. The lowest BCUT2D eigenvalue weighted by Gasteiger charge is -2.07. The first kappa shape index (κ1) is 16.8. The summed E-state index contributed by atoms with van der Waals surface area (Å²) >= 11 is 0. The van der Waals surface area contributed by atoms with Crippen molar-refractivity contribution in [2.45, 2.75) is 20.0 Å². The summed E-state index contributed by atoms with van der Waals surface area (Å²) in [5.74, 6) is 0.515. The minimum atomic E-state index is -0.311. The SMILES string of the molecule is CCOC(=O)C=CCc1c[nH]c2ccc(OCc3ccccc3)cc12. The van der Waals surface area contributed by atoms with Crippen LogP contribution in [0.15, 0.2) is 66.9 Å². The number of rotatable bonds is 7. The van der Waals surface area contributed by atoms with Gasteiger partial charge in [0.05, 0.1) is 6.61 Å². The molecular weight excluding hydrogens is 314 g/mol. The molecule has 128 valence electrons. The van der Waals surface area contributed by atoms with Gasteiger partial charge in [-0.2, -0.15) is 0 Å². The highest BCUT2D eigenvalue weighted by atomic mass is 16.5. The van der Waals surface area contributed by atoms with Gasteiger partial charge in [0.25, 0.3) is 0 Å². The van der Waals surface area contributed by atoms with Gasteiger partial charge < -0.3 is 14.5 Å². The van der Waals surface area contributed by atoms with E-state index >= 15 is 0 Å². The molecule has 0 aliphatic heterocycles. The molecule has 0 aliphatic carbocycles. The van der Waals surface area contributed by atoms with Crippen molar-refractivity contribution < 1.29 is 14.3 Å². The standard InChI is InChI=1S/C21H21NO3/c1-2-24-21(23)10-6-9-17-14-22-20-12-11-18(13-19(17)20)25-15-16-7-4-3-5-8-16/h3-8,10-14,22H,2,9,15H2,1H3. The van der Waals surface area contributed by atoms with E-state index in [1.807, 2.05) is 60.8 Å². The van der Waals surface area contributed by atoms with Gasteiger partial charge in [-0.15, -0.1) is 0 Å². The molecule has 0 saturated carbocycles. The van der Waals surface area contributed by atoms with E-state index in [2.05, 4.69) is 4.98 Å². The van der Waals surface area contributed by atoms with E-state index < -0.39 is 0 Å². The van der Waals surface area contributed by atoms with Crippen molar-refractivity contribution in [1.29, 1.82) is 0 Å². The highest BCUT2D eigenvalue weighted by Gasteiger charge is 2.05. The zero-order chi connectivity index (χ0) is 17.5. The van der Waals surface area contributed by atoms with E-state index in [9.17, 15) is 4.79 Å². The Morgan fingerprint density at radius 2 is 2.00 bits per heavy atom. The number of fused-ring (bicyclic) bond motifs is 1. The number of nitrogens with one attached hydrogen (secondary N) is 1. The Hall–Kier alpha value is -3.01. The van der Waals surface area contributed by atoms with Gasteiger partial charge in [-0.05, 0) is 42.7 Å². The molecular formula is C21H21NO3. The molecule has 0 bridgehead atoms. The van der Waals surface area contributed by atoms with Crippen molar-refractivity contribution in [2.24, 2.45) is 0 Å². The summed E-state index contributed by atoms with van der Waals surface area (Å²) in [4.78, 5) is 14.6. The number of H-pyrrole nitrogens is 1. The fraction of sp³-hybridized carbons (Fsp3) is 0.190. The van der Waals surface area contributed by atoms with Crippen LogP contribution in [0.25, 0.3) is 10.9 Å². The maximum Gasteiger partial charge on any atom is 0.330 e. The summed E-state index contributed by atoms with van der Waals surface area (Å²) in [6.07, 6.45) is 5.90. The second-order valence-corrected chi connectivity index (χ2v) is 5.65. The molecule has 3 aromatic rings. The highest BCUT2D eigenvalue weighted by Crippen LogP contribution is 2.25. The molecule has 2 aromatic carbocycles. The fourth-order valence-electron chi connectivity index (χ4n) is 2.63. The fourth-order valence-corrected chi connectivity index (χ4v) is 2.63. The second-order valence-electron chi connectivity index (χ2n) is 5.65. The molecule has 0 radical (unpaired) electrons. The molecule has 0 fully saturated rings. The Kier molecular flexibility index (Phi) is 5.52. The number of hydrogen-bond donors (Lipinski definition) is 1. The zero-order valence-corrected chi connectivity index (χ0v) is 14.2. The Bertz CT molecular complexity index is 865. The number of allylic oxidation sites excluding steroid dienone is 1. The first-order valence-corrected chi connectivity index (χ1v) is 8.36. The highest BCUT2D eigenvalue weighted by molar-refractivity contribution is 5.85. The van der Waals surface area contributed by atoms with E-state index in [0.717, 1.165) is 27.8 Å². The van der Waals surface area contributed by atoms with Crippen LogP contribution in [0.2, 0.25) is 0 Å². The number of carbonyl (C=O) groups excluding carboxylic acids is 1. The van der Waals surface area contributed by atoms with Gasteiger partial charge in [0.2, 0.25) is 0 Å². The number of aromatic nitrogens is 1. The van der Waals surface area contributed by atoms with Crippen LogP contribution in [0.3, 0.4) is 0 Å². The molecule has 4 heteroatoms. The molecule has 0 aliphatic rings. The summed E-state index contributed by atoms with van der Waals surface area (Å²) in [5, 5.41) is 1.10. The quantitative estimate of drug-likeness (QED) is 0.514. The van der Waals surface area contributed by atoms with E-state index in [1.54, 1.807) is 6.92 Å². The monoisotopic (exact) mass is 335 g/mol. The van der Waals surface area contributed by atoms with E-state index in [4.69, 9.17) is 9.47 Å². The zero-order valence-electron chi connectivity index (χ0n) is 14.2. The van der Waals surface area contributed by atoms with Gasteiger partial charge in [0, 0.05) is 23.2 Å². The van der Waals surface area contributed by atoms with Gasteiger partial charge >= 0.3 is 5.97 Å². The molecule has 1 N–H and O–H groups in total. The van der Waals surface area contributed by atoms with Crippen molar-refractivity contribution in [1.82, 2.24) is 4.98 Å². The Morgan fingerprint density at radius 1 is 1.16 bits per heavy atom. The van der Waals surface area contributed by atoms with Crippen molar-refractivity contribution in [2.75, 3.05) is 6.61 Å². The predicted molar refractivity (Wildman–Crippen MR) is 98.5 cm³/mol. The van der Waals surface area contributed by atoms with Crippen molar-refractivity contribution >= 4 is 16.9 Å². The second kappa shape index (κ2) is 8.20. The van der Waals surface area contributed by atoms with Crippen molar-refractivity contribution in [3.05, 3.63) is 78.0 Å². The van der Waals surface area contributed by atoms with Gasteiger partial charge in [-0.3, -0.25) is 0 Å². The van der Waals surface area contributed by atoms with Crippen LogP contribution < -0.4 is 4.74 Å². The number of esters is 1. The number of benzene rings is 2. The van der Waals surface area contributed by atoms with Crippen LogP contribution in [0.4, 0.5) is 0 Å². The van der Waals surface area contributed by atoms with Gasteiger partial charge in [-0.1, -0.05) is 36.4 Å². The smallest absolute Gasteiger partial charge is 0.330 e. The third-order valence-corrected chi connectivity index (χ3v) is 3.87. The van der Waals surface area contributed by atoms with E-state index in [1.165, 1.54) is 6.08 Å². The van der Waals surface area contributed by atoms with Crippen molar-refractivity contribution in [3.8, 4) is 5.75 Å². The van der Waals surface area contributed by atoms with Crippen LogP contribution in [-0.4, -0.2) is 17.6 Å². The number of aromatic amines is 1. The molecule has 0 spiro atoms. The molecule has 4 nitrogen and oxygen atoms in total. The third kappa shape index (κ3) is 4.51. The van der Waals surface area contributed by atoms with Gasteiger partial charge in [-0.25, -0.2) is 4.79 Å². The molecule has 3 rings (SSSR count). The lowest BCUT2D eigenvalue weighted by molar-refractivity contribution is -0.137. The Labute approximate surface area is 147 Å². The summed E-state index contributed by atoms with van der Waals surface area (Å²) in [7, 11) is 0. The Morgan fingerprint density at radius 3 is 2.80 bits per heavy atom. The summed E-state index contributed by atoms with van der Waals surface area (Å²) in [6, 6.07) is 16.1. The van der Waals surface area contributed by atoms with Crippen LogP contribution in [-0.2, 0) is 22.6 Å². The Balaban J connectivity index is 1.70. The molecule has 25 heavy (non-hydrogen) atoms. The summed E-state index contributed by atoms with van der Waals surface area (Å²) in [5.41, 5.74) is 3.29. The average Bonchev–Trinajstić information content (AvgIpc) is 3.03. The van der Waals surface area contributed by atoms with E-state index in [0.29, 0.717) is 19.6 Å². The maximum absolute atomic E-state index is 11.4. The lowest BCUT2D eigenvalue weighted by Crippen LogP contribution is -1.99. The first-order chi connectivity index (χ1) is 12.3. The first-order valence-electron chi connectivity index (χ1n) is 8.36. The van der Waals surface area contributed by atoms with Gasteiger partial charge in [0.1, 0.15) is 12.4 Å². The third-order valence-electron chi connectivity index (χ3n) is 3.87. The number of ether oxygens (including phenoxy) is 2. The van der Waals surface area contributed by atoms with Crippen molar-refractivity contribution in [3.63, 3.8) is 0 Å². The average molecular weight is 335 g/mol. The number of carbonyl (C=O) groups is 1. The normalized spacial score (nSPS) is 11.1. The summed E-state index contributed by atoms with van der Waals surface area (Å²) in [6.45, 7) is 2.72. The maximum atomic E-state index is 11.4. The molecule has 1 heterocycles. The minimum Gasteiger partial charge on any atom is -0.489 e. The molecule has 0 amide bonds. The number of hydrogen-bond acceptors (Lipinski definition) is 3. The van der Waals surface area contributed by atoms with E-state index in [-0.39, 0.29) is 5.97 Å². The van der Waals surface area contributed by atoms with Gasteiger partial charge in [0.15, 0.2) is 0 Å². The molecule has 0 unspecified atom stereocenters. The van der Waals surface area contributed by atoms with Crippen LogP contribution in [0.1, 0.15) is 18.1 Å². The van der Waals surface area contributed by atoms with Crippen LogP contribution in [0, 0.1) is 0 Å². The summed E-state index contributed by atoms with van der Waals surface area (Å²) < 4.78 is 10.8. The molecule has 0 saturated heterocycles. The van der Waals surface area contributed by atoms with Crippen LogP contribution in [0.5, 0.6) is 5.75 Å². The lowest BCUT2D eigenvalue weighted by atomic mass is 10.1. The topological polar surface area (TPSA) is 51.3 Å².